The molecule has 0 aliphatic rings. The summed E-state index contributed by atoms with van der Waals surface area (Å²) in [4.78, 5) is 3.67. The lowest BCUT2D eigenvalue weighted by Crippen LogP contribution is -2.28. The van der Waals surface area contributed by atoms with Crippen LogP contribution < -0.4 is 5.32 Å². The van der Waals surface area contributed by atoms with Gasteiger partial charge in [0.05, 0.1) is 5.56 Å². The summed E-state index contributed by atoms with van der Waals surface area (Å²) in [5.74, 6) is -0.207. The molecule has 0 atom stereocenters. The minimum atomic E-state index is -4.43. The number of hydrogen-bond donors (Lipinski definition) is 2. The van der Waals surface area contributed by atoms with Crippen molar-refractivity contribution in [2.45, 2.75) is 20.0 Å². The van der Waals surface area contributed by atoms with Gasteiger partial charge in [0, 0.05) is 24.8 Å². The molecule has 0 bridgehead atoms. The van der Waals surface area contributed by atoms with Gasteiger partial charge in [-0.3, -0.25) is 0 Å². The van der Waals surface area contributed by atoms with Crippen molar-refractivity contribution >= 4 is 5.82 Å². The molecule has 6 heteroatoms. The zero-order valence-corrected chi connectivity index (χ0v) is 9.67. The zero-order chi connectivity index (χ0) is 13.1. The van der Waals surface area contributed by atoms with Crippen molar-refractivity contribution in [1.82, 2.24) is 4.98 Å². The van der Waals surface area contributed by atoms with Gasteiger partial charge in [-0.05, 0) is 12.1 Å². The Hall–Kier alpha value is -1.30. The second-order valence-electron chi connectivity index (χ2n) is 4.57. The molecule has 1 rings (SSSR count). The fourth-order valence-corrected chi connectivity index (χ4v) is 1.15. The third-order valence-corrected chi connectivity index (χ3v) is 2.28. The van der Waals surface area contributed by atoms with E-state index >= 15 is 0 Å². The van der Waals surface area contributed by atoms with Gasteiger partial charge in [0.15, 0.2) is 0 Å². The number of alkyl halides is 3. The van der Waals surface area contributed by atoms with E-state index in [4.69, 9.17) is 5.11 Å². The summed E-state index contributed by atoms with van der Waals surface area (Å²) in [7, 11) is 0. The van der Waals surface area contributed by atoms with Crippen LogP contribution in [0.4, 0.5) is 19.0 Å². The molecule has 1 aromatic heterocycles. The molecule has 1 aromatic rings. The average Bonchev–Trinajstić information content (AvgIpc) is 2.26. The quantitative estimate of drug-likeness (QED) is 0.860. The molecule has 2 N–H and O–H groups in total. The largest absolute Gasteiger partial charge is 0.419 e. The van der Waals surface area contributed by atoms with Gasteiger partial charge in [-0.15, -0.1) is 0 Å². The van der Waals surface area contributed by atoms with Crippen molar-refractivity contribution in [3.8, 4) is 0 Å². The van der Waals surface area contributed by atoms with E-state index in [1.54, 1.807) is 13.8 Å². The van der Waals surface area contributed by atoms with Gasteiger partial charge in [-0.25, -0.2) is 4.98 Å². The first-order valence-corrected chi connectivity index (χ1v) is 5.13. The Morgan fingerprint density at radius 3 is 2.53 bits per heavy atom. The highest BCUT2D eigenvalue weighted by Gasteiger charge is 2.34. The van der Waals surface area contributed by atoms with E-state index in [1.165, 1.54) is 12.3 Å². The summed E-state index contributed by atoms with van der Waals surface area (Å²) in [6.07, 6.45) is -3.14. The number of aromatic nitrogens is 1. The Balaban J connectivity index is 2.85. The van der Waals surface area contributed by atoms with Crippen molar-refractivity contribution in [1.29, 1.82) is 0 Å². The maximum atomic E-state index is 12.6. The first kappa shape index (κ1) is 13.8. The zero-order valence-electron chi connectivity index (χ0n) is 9.67. The molecule has 0 amide bonds. The van der Waals surface area contributed by atoms with Crippen LogP contribution in [-0.4, -0.2) is 23.2 Å². The summed E-state index contributed by atoms with van der Waals surface area (Å²) in [5.41, 5.74) is -1.30. The summed E-state index contributed by atoms with van der Waals surface area (Å²) in [5, 5.41) is 11.6. The third-order valence-electron chi connectivity index (χ3n) is 2.28. The minimum Gasteiger partial charge on any atom is -0.396 e. The third kappa shape index (κ3) is 3.89. The molecular weight excluding hydrogens is 233 g/mol. The summed E-state index contributed by atoms with van der Waals surface area (Å²) >= 11 is 0. The van der Waals surface area contributed by atoms with Gasteiger partial charge >= 0.3 is 6.18 Å². The van der Waals surface area contributed by atoms with Crippen LogP contribution in [-0.2, 0) is 6.18 Å². The molecule has 0 aromatic carbocycles. The highest BCUT2D eigenvalue weighted by molar-refractivity contribution is 5.45. The Kier molecular flexibility index (Phi) is 3.98. The fraction of sp³-hybridized carbons (Fsp3) is 0.545. The number of aliphatic hydroxyl groups is 1. The maximum Gasteiger partial charge on any atom is 0.419 e. The molecule has 0 aliphatic heterocycles. The fourth-order valence-electron chi connectivity index (χ4n) is 1.15. The average molecular weight is 248 g/mol. The molecule has 0 saturated heterocycles. The van der Waals surface area contributed by atoms with Crippen LogP contribution >= 0.6 is 0 Å². The lowest BCUT2D eigenvalue weighted by molar-refractivity contribution is -0.137. The number of nitrogens with zero attached hydrogens (tertiary/aromatic N) is 1. The van der Waals surface area contributed by atoms with Crippen molar-refractivity contribution in [3.63, 3.8) is 0 Å². The Labute approximate surface area is 97.7 Å². The molecule has 0 aliphatic carbocycles. The number of rotatable bonds is 4. The number of aliphatic hydroxyl groups excluding tert-OH is 1. The highest BCUT2D eigenvalue weighted by atomic mass is 19.4. The monoisotopic (exact) mass is 248 g/mol. The predicted octanol–water partition coefficient (Wildman–Crippen LogP) is 2.53. The Morgan fingerprint density at radius 1 is 1.35 bits per heavy atom. The molecule has 3 nitrogen and oxygen atoms in total. The second-order valence-corrected chi connectivity index (χ2v) is 4.57. The molecular formula is C11H15F3N2O. The van der Waals surface area contributed by atoms with Crippen LogP contribution in [0.3, 0.4) is 0 Å². The SMILES string of the molecule is CC(C)(CO)CNc1ncccc1C(F)(F)F. The number of halogens is 3. The lowest BCUT2D eigenvalue weighted by Gasteiger charge is -2.23. The molecule has 0 unspecified atom stereocenters. The smallest absolute Gasteiger partial charge is 0.396 e. The van der Waals surface area contributed by atoms with Gasteiger partial charge in [0.1, 0.15) is 5.82 Å². The molecule has 0 radical (unpaired) electrons. The van der Waals surface area contributed by atoms with Crippen LogP contribution in [0, 0.1) is 5.41 Å². The standard InChI is InChI=1S/C11H15F3N2O/c1-10(2,7-17)6-16-9-8(11(12,13)14)4-3-5-15-9/h3-5,17H,6-7H2,1-2H3,(H,15,16). The molecule has 0 spiro atoms. The van der Waals surface area contributed by atoms with Crippen molar-refractivity contribution in [2.24, 2.45) is 5.41 Å². The van der Waals surface area contributed by atoms with E-state index in [2.05, 4.69) is 10.3 Å². The number of anilines is 1. The van der Waals surface area contributed by atoms with E-state index in [0.717, 1.165) is 6.07 Å². The van der Waals surface area contributed by atoms with E-state index < -0.39 is 17.2 Å². The lowest BCUT2D eigenvalue weighted by atomic mass is 9.95. The number of nitrogens with one attached hydrogen (secondary N) is 1. The van der Waals surface area contributed by atoms with Crippen molar-refractivity contribution in [2.75, 3.05) is 18.5 Å². The first-order chi connectivity index (χ1) is 7.76. The number of hydrogen-bond acceptors (Lipinski definition) is 3. The van der Waals surface area contributed by atoms with Gasteiger partial charge < -0.3 is 10.4 Å². The van der Waals surface area contributed by atoms with Crippen LogP contribution in [0.1, 0.15) is 19.4 Å². The summed E-state index contributed by atoms with van der Waals surface area (Å²) < 4.78 is 37.9. The van der Waals surface area contributed by atoms with Crippen LogP contribution in [0.5, 0.6) is 0 Å². The van der Waals surface area contributed by atoms with Crippen LogP contribution in [0.15, 0.2) is 18.3 Å². The summed E-state index contributed by atoms with van der Waals surface area (Å²) in [6, 6.07) is 2.21. The second kappa shape index (κ2) is 4.91. The molecule has 96 valence electrons. The van der Waals surface area contributed by atoms with E-state index in [-0.39, 0.29) is 19.0 Å². The van der Waals surface area contributed by atoms with Crippen LogP contribution in [0.2, 0.25) is 0 Å². The van der Waals surface area contributed by atoms with Crippen LogP contribution in [0.25, 0.3) is 0 Å². The normalized spacial score (nSPS) is 12.6. The Bertz CT molecular complexity index is 377. The van der Waals surface area contributed by atoms with E-state index in [1.807, 2.05) is 0 Å². The molecule has 17 heavy (non-hydrogen) atoms. The van der Waals surface area contributed by atoms with Crippen molar-refractivity contribution in [3.05, 3.63) is 23.9 Å². The first-order valence-electron chi connectivity index (χ1n) is 5.13. The molecule has 0 saturated carbocycles. The van der Waals surface area contributed by atoms with Gasteiger partial charge in [0.25, 0.3) is 0 Å². The van der Waals surface area contributed by atoms with E-state index in [0.29, 0.717) is 0 Å². The van der Waals surface area contributed by atoms with Crippen molar-refractivity contribution < 1.29 is 18.3 Å². The van der Waals surface area contributed by atoms with Gasteiger partial charge in [-0.1, -0.05) is 13.8 Å². The highest BCUT2D eigenvalue weighted by Crippen LogP contribution is 2.33. The van der Waals surface area contributed by atoms with E-state index in [9.17, 15) is 13.2 Å². The number of pyridine rings is 1. The minimum absolute atomic E-state index is 0.117. The molecule has 1 heterocycles. The Morgan fingerprint density at radius 2 is 2.00 bits per heavy atom. The van der Waals surface area contributed by atoms with Gasteiger partial charge in [0.2, 0.25) is 0 Å². The van der Waals surface area contributed by atoms with Gasteiger partial charge in [-0.2, -0.15) is 13.2 Å². The maximum absolute atomic E-state index is 12.6. The predicted molar refractivity (Wildman–Crippen MR) is 58.6 cm³/mol. The summed E-state index contributed by atoms with van der Waals surface area (Å²) in [6.45, 7) is 3.59. The molecule has 0 fully saturated rings. The topological polar surface area (TPSA) is 45.1 Å².